The van der Waals surface area contributed by atoms with E-state index in [1.54, 1.807) is 29.8 Å². The number of hydrogen-bond acceptors (Lipinski definition) is 7. The maximum absolute atomic E-state index is 12.2. The molecule has 0 bridgehead atoms. The molecule has 0 N–H and O–H groups in total. The van der Waals surface area contributed by atoms with Crippen molar-refractivity contribution in [2.75, 3.05) is 51.7 Å². The maximum Gasteiger partial charge on any atom is 0.289 e. The van der Waals surface area contributed by atoms with Crippen molar-refractivity contribution in [2.24, 2.45) is 0 Å². The zero-order chi connectivity index (χ0) is 21.0. The van der Waals surface area contributed by atoms with Crippen molar-refractivity contribution >= 4 is 23.5 Å². The molecule has 0 radical (unpaired) electrons. The quantitative estimate of drug-likeness (QED) is 0.506. The second kappa shape index (κ2) is 9.63. The minimum Gasteiger partial charge on any atom is -0.455 e. The van der Waals surface area contributed by atoms with Crippen LogP contribution in [0, 0.1) is 0 Å². The van der Waals surface area contributed by atoms with E-state index in [1.807, 2.05) is 13.0 Å². The third-order valence-electron chi connectivity index (χ3n) is 5.17. The Morgan fingerprint density at radius 2 is 1.97 bits per heavy atom. The van der Waals surface area contributed by atoms with Crippen LogP contribution in [0.3, 0.4) is 0 Å². The van der Waals surface area contributed by atoms with E-state index in [0.717, 1.165) is 48.6 Å². The Kier molecular flexibility index (Phi) is 7.18. The van der Waals surface area contributed by atoms with Gasteiger partial charge in [0.1, 0.15) is 11.6 Å². The number of thioether (sulfide) groups is 1. The molecule has 3 heterocycles. The summed E-state index contributed by atoms with van der Waals surface area (Å²) in [6, 6.07) is 5.72. The molecule has 158 valence electrons. The van der Waals surface area contributed by atoms with Gasteiger partial charge in [0, 0.05) is 51.5 Å². The number of nitrogens with zero attached hydrogens (tertiary/aromatic N) is 5. The summed E-state index contributed by atoms with van der Waals surface area (Å²) in [6.45, 7) is 10.9. The molecule has 7 nitrogen and oxygen atoms in total. The van der Waals surface area contributed by atoms with E-state index in [9.17, 15) is 4.79 Å². The van der Waals surface area contributed by atoms with Crippen LogP contribution in [0.2, 0.25) is 0 Å². The fourth-order valence-electron chi connectivity index (χ4n) is 3.03. The fourth-order valence-corrected chi connectivity index (χ4v) is 3.78. The molecule has 0 atom stereocenters. The Morgan fingerprint density at radius 1 is 1.24 bits per heavy atom. The van der Waals surface area contributed by atoms with E-state index in [0.29, 0.717) is 24.0 Å². The van der Waals surface area contributed by atoms with Crippen molar-refractivity contribution in [3.8, 4) is 0 Å². The van der Waals surface area contributed by atoms with Crippen molar-refractivity contribution in [2.45, 2.75) is 37.6 Å². The molecule has 3 rings (SSSR count). The molecule has 1 saturated heterocycles. The van der Waals surface area contributed by atoms with Gasteiger partial charge >= 0.3 is 0 Å². The predicted molar refractivity (Wildman–Crippen MR) is 117 cm³/mol. The Hall–Kier alpha value is -2.06. The summed E-state index contributed by atoms with van der Waals surface area (Å²) in [5.74, 6) is 2.95. The van der Waals surface area contributed by atoms with Crippen molar-refractivity contribution in [3.05, 3.63) is 35.4 Å². The molecule has 29 heavy (non-hydrogen) atoms. The van der Waals surface area contributed by atoms with E-state index >= 15 is 0 Å². The lowest BCUT2D eigenvalue weighted by Crippen LogP contribution is -2.44. The Morgan fingerprint density at radius 3 is 2.62 bits per heavy atom. The van der Waals surface area contributed by atoms with E-state index in [-0.39, 0.29) is 5.91 Å². The van der Waals surface area contributed by atoms with Gasteiger partial charge in [-0.3, -0.25) is 4.79 Å². The number of anilines is 1. The molecular weight excluding hydrogens is 386 g/mol. The zero-order valence-corrected chi connectivity index (χ0v) is 18.8. The minimum absolute atomic E-state index is 0.0980. The smallest absolute Gasteiger partial charge is 0.289 e. The number of carbonyl (C=O) groups excluding carboxylic acids is 1. The monoisotopic (exact) mass is 417 g/mol. The van der Waals surface area contributed by atoms with Crippen molar-refractivity contribution in [1.29, 1.82) is 0 Å². The molecule has 0 saturated carbocycles. The highest BCUT2D eigenvalue weighted by Gasteiger charge is 2.19. The first-order valence-electron chi connectivity index (χ1n) is 10.2. The van der Waals surface area contributed by atoms with Crippen LogP contribution in [-0.2, 0) is 5.75 Å². The highest BCUT2D eigenvalue weighted by Crippen LogP contribution is 2.27. The third kappa shape index (κ3) is 5.51. The van der Waals surface area contributed by atoms with Crippen LogP contribution in [-0.4, -0.2) is 72.5 Å². The van der Waals surface area contributed by atoms with Gasteiger partial charge in [0.05, 0.1) is 5.75 Å². The molecule has 0 aromatic carbocycles. The second-order valence-corrected chi connectivity index (χ2v) is 8.70. The van der Waals surface area contributed by atoms with Crippen LogP contribution in [0.4, 0.5) is 5.82 Å². The highest BCUT2D eigenvalue weighted by atomic mass is 32.2. The van der Waals surface area contributed by atoms with Gasteiger partial charge in [0.25, 0.3) is 5.91 Å². The van der Waals surface area contributed by atoms with Gasteiger partial charge in [-0.05, 0) is 32.0 Å². The van der Waals surface area contributed by atoms with Crippen LogP contribution in [0.15, 0.2) is 27.8 Å². The lowest BCUT2D eigenvalue weighted by atomic mass is 10.1. The Labute approximate surface area is 177 Å². The summed E-state index contributed by atoms with van der Waals surface area (Å²) >= 11 is 1.55. The molecular formula is C21H31N5O2S. The lowest BCUT2D eigenvalue weighted by molar-refractivity contribution is 0.0769. The van der Waals surface area contributed by atoms with Gasteiger partial charge in [-0.1, -0.05) is 25.6 Å². The average molecular weight is 418 g/mol. The number of aromatic nitrogens is 2. The van der Waals surface area contributed by atoms with Gasteiger partial charge in [0.15, 0.2) is 10.9 Å². The van der Waals surface area contributed by atoms with Crippen LogP contribution in [0.5, 0.6) is 0 Å². The van der Waals surface area contributed by atoms with Gasteiger partial charge < -0.3 is 19.1 Å². The summed E-state index contributed by atoms with van der Waals surface area (Å²) in [5, 5.41) is 0.750. The minimum atomic E-state index is -0.0980. The van der Waals surface area contributed by atoms with E-state index in [2.05, 4.69) is 36.8 Å². The van der Waals surface area contributed by atoms with Crippen LogP contribution in [0.1, 0.15) is 48.7 Å². The number of amides is 1. The zero-order valence-electron chi connectivity index (χ0n) is 18.0. The third-order valence-corrected chi connectivity index (χ3v) is 6.04. The largest absolute Gasteiger partial charge is 0.455 e. The van der Waals surface area contributed by atoms with Gasteiger partial charge in [-0.15, -0.1) is 0 Å². The molecule has 8 heteroatoms. The van der Waals surface area contributed by atoms with Gasteiger partial charge in [0.2, 0.25) is 0 Å². The molecule has 1 amide bonds. The number of carbonyl (C=O) groups is 1. The predicted octanol–water partition coefficient (Wildman–Crippen LogP) is 3.33. The molecule has 2 aromatic rings. The molecule has 1 fully saturated rings. The number of furan rings is 1. The number of rotatable bonds is 7. The normalized spacial score (nSPS) is 15.2. The molecule has 0 aliphatic carbocycles. The molecule has 2 aromatic heterocycles. The first-order chi connectivity index (χ1) is 13.9. The summed E-state index contributed by atoms with van der Waals surface area (Å²) in [4.78, 5) is 28.1. The van der Waals surface area contributed by atoms with E-state index < -0.39 is 0 Å². The Balaban J connectivity index is 1.72. The number of piperazine rings is 1. The molecule has 1 aliphatic heterocycles. The topological polar surface area (TPSA) is 65.7 Å². The van der Waals surface area contributed by atoms with E-state index in [4.69, 9.17) is 14.4 Å². The summed E-state index contributed by atoms with van der Waals surface area (Å²) in [5.41, 5.74) is 1.05. The summed E-state index contributed by atoms with van der Waals surface area (Å²) in [6.07, 6.45) is 0. The first kappa shape index (κ1) is 21.6. The van der Waals surface area contributed by atoms with Crippen LogP contribution < -0.4 is 4.90 Å². The highest BCUT2D eigenvalue weighted by molar-refractivity contribution is 7.98. The van der Waals surface area contributed by atoms with Crippen LogP contribution in [0.25, 0.3) is 0 Å². The lowest BCUT2D eigenvalue weighted by Gasteiger charge is -2.33. The standard InChI is InChI=1S/C21H31N5O2S/c1-6-25(5)20(27)18-8-7-16(28-18)14-29-21-22-17(15(2)3)13-19(23-21)26-11-9-24(4)10-12-26/h7-8,13,15H,6,9-12,14H2,1-5H3. The van der Waals surface area contributed by atoms with E-state index in [1.165, 1.54) is 0 Å². The number of likely N-dealkylation sites (N-methyl/N-ethyl adjacent to an activating group) is 1. The molecule has 1 aliphatic rings. The Bertz CT molecular complexity index is 830. The molecule has 0 unspecified atom stereocenters. The number of hydrogen-bond donors (Lipinski definition) is 0. The first-order valence-corrected chi connectivity index (χ1v) is 11.2. The fraction of sp³-hybridized carbons (Fsp3) is 0.571. The van der Waals surface area contributed by atoms with Crippen molar-refractivity contribution < 1.29 is 9.21 Å². The summed E-state index contributed by atoms with van der Waals surface area (Å²) in [7, 11) is 3.92. The SMILES string of the molecule is CCN(C)C(=O)c1ccc(CSc2nc(C(C)C)cc(N3CCN(C)CC3)n2)o1. The second-order valence-electron chi connectivity index (χ2n) is 7.75. The molecule has 0 spiro atoms. The summed E-state index contributed by atoms with van der Waals surface area (Å²) < 4.78 is 5.74. The van der Waals surface area contributed by atoms with Crippen LogP contribution >= 0.6 is 11.8 Å². The van der Waals surface area contributed by atoms with Crippen molar-refractivity contribution in [3.63, 3.8) is 0 Å². The van der Waals surface area contributed by atoms with Crippen molar-refractivity contribution in [1.82, 2.24) is 19.8 Å². The maximum atomic E-state index is 12.2. The van der Waals surface area contributed by atoms with Gasteiger partial charge in [-0.25, -0.2) is 9.97 Å². The van der Waals surface area contributed by atoms with Gasteiger partial charge in [-0.2, -0.15) is 0 Å². The average Bonchev–Trinajstić information content (AvgIpc) is 3.20.